The van der Waals surface area contributed by atoms with Crippen molar-refractivity contribution in [2.24, 2.45) is 0 Å². The van der Waals surface area contributed by atoms with Gasteiger partial charge >= 0.3 is 0 Å². The fraction of sp³-hybridized carbons (Fsp3) is 0.185. The molecule has 0 amide bonds. The molecule has 1 aliphatic heterocycles. The number of hydrogen-bond acceptors (Lipinski definition) is 6. The first kappa shape index (κ1) is 22.2. The molecule has 37 heavy (non-hydrogen) atoms. The van der Waals surface area contributed by atoms with Crippen LogP contribution in [0, 0.1) is 10.9 Å². The summed E-state index contributed by atoms with van der Waals surface area (Å²) < 4.78 is 28.9. The SMILES string of the molecule is Fc1ccc(-c2ccnc3nc(-c4[nH]nc5c(F)cc(-c6cncc(CN7CCCC7)c6)cc45)[nH]c23)s1. The van der Waals surface area contributed by atoms with Crippen LogP contribution < -0.4 is 0 Å². The van der Waals surface area contributed by atoms with Gasteiger partial charge in [-0.05, 0) is 73.5 Å². The number of benzene rings is 1. The molecule has 6 heterocycles. The van der Waals surface area contributed by atoms with Gasteiger partial charge in [0.05, 0.1) is 5.52 Å². The molecule has 7 rings (SSSR count). The summed E-state index contributed by atoms with van der Waals surface area (Å²) in [6.07, 6.45) is 7.72. The molecule has 7 nitrogen and oxygen atoms in total. The van der Waals surface area contributed by atoms with E-state index in [0.29, 0.717) is 33.6 Å². The van der Waals surface area contributed by atoms with Crippen molar-refractivity contribution in [3.05, 3.63) is 71.5 Å². The first-order chi connectivity index (χ1) is 18.1. The largest absolute Gasteiger partial charge is 0.335 e. The lowest BCUT2D eigenvalue weighted by Crippen LogP contribution is -2.18. The van der Waals surface area contributed by atoms with Crippen LogP contribution in [0.3, 0.4) is 0 Å². The third-order valence-electron chi connectivity index (χ3n) is 6.81. The second kappa shape index (κ2) is 8.82. The van der Waals surface area contributed by atoms with Crippen molar-refractivity contribution >= 4 is 33.4 Å². The van der Waals surface area contributed by atoms with Crippen molar-refractivity contribution in [2.75, 3.05) is 13.1 Å². The molecule has 0 spiro atoms. The van der Waals surface area contributed by atoms with E-state index < -0.39 is 5.82 Å². The Labute approximate surface area is 214 Å². The highest BCUT2D eigenvalue weighted by atomic mass is 32.1. The molecule has 10 heteroatoms. The normalized spacial score (nSPS) is 14.3. The van der Waals surface area contributed by atoms with Gasteiger partial charge in [0.15, 0.2) is 22.4 Å². The molecule has 0 radical (unpaired) electrons. The molecule has 2 N–H and O–H groups in total. The topological polar surface area (TPSA) is 86.4 Å². The van der Waals surface area contributed by atoms with E-state index in [2.05, 4.69) is 41.1 Å². The predicted molar refractivity (Wildman–Crippen MR) is 140 cm³/mol. The number of fused-ring (bicyclic) bond motifs is 2. The van der Waals surface area contributed by atoms with Gasteiger partial charge in [-0.15, -0.1) is 11.3 Å². The third kappa shape index (κ3) is 3.98. The standard InChI is InChI=1S/C27H21F2N7S/c28-20-11-16(17-9-15(12-30-13-17)14-36-7-1-2-8-36)10-19-23(20)34-35-25(19)27-32-24-18(5-6-31-26(24)33-27)21-3-4-22(29)37-21/h3-6,9-13H,1-2,7-8,14H2,(H,34,35)(H,31,32,33). The predicted octanol–water partition coefficient (Wildman–Crippen LogP) is 6.17. The van der Waals surface area contributed by atoms with Crippen LogP contribution in [0.15, 0.2) is 55.0 Å². The van der Waals surface area contributed by atoms with Crippen LogP contribution in [0.5, 0.6) is 0 Å². The molecular formula is C27H21F2N7S. The quantitative estimate of drug-likeness (QED) is 0.288. The molecule has 0 saturated carbocycles. The second-order valence-electron chi connectivity index (χ2n) is 9.26. The van der Waals surface area contributed by atoms with Crippen molar-refractivity contribution in [2.45, 2.75) is 19.4 Å². The summed E-state index contributed by atoms with van der Waals surface area (Å²) in [6.45, 7) is 3.03. The first-order valence-electron chi connectivity index (χ1n) is 12.1. The number of nitrogens with zero attached hydrogens (tertiary/aromatic N) is 5. The molecule has 1 aromatic carbocycles. The maximum Gasteiger partial charge on any atom is 0.178 e. The van der Waals surface area contributed by atoms with Gasteiger partial charge in [-0.2, -0.15) is 9.49 Å². The molecule has 0 unspecified atom stereocenters. The lowest BCUT2D eigenvalue weighted by molar-refractivity contribution is 0.331. The maximum absolute atomic E-state index is 15.2. The molecule has 1 saturated heterocycles. The number of imidazole rings is 1. The van der Waals surface area contributed by atoms with Crippen molar-refractivity contribution in [3.8, 4) is 33.1 Å². The number of rotatable bonds is 5. The van der Waals surface area contributed by atoms with Crippen molar-refractivity contribution in [1.29, 1.82) is 0 Å². The summed E-state index contributed by atoms with van der Waals surface area (Å²) in [7, 11) is 0. The first-order valence-corrected chi connectivity index (χ1v) is 12.9. The number of likely N-dealkylation sites (tertiary alicyclic amines) is 1. The summed E-state index contributed by atoms with van der Waals surface area (Å²) in [6, 6.07) is 10.5. The van der Waals surface area contributed by atoms with E-state index in [0.717, 1.165) is 52.5 Å². The van der Waals surface area contributed by atoms with Crippen LogP contribution in [0.25, 0.3) is 55.2 Å². The number of nitrogens with one attached hydrogen (secondary N) is 2. The highest BCUT2D eigenvalue weighted by Gasteiger charge is 2.19. The van der Waals surface area contributed by atoms with Crippen LogP contribution in [-0.4, -0.2) is 48.1 Å². The van der Waals surface area contributed by atoms with Gasteiger partial charge in [0, 0.05) is 46.5 Å². The number of hydrogen-bond donors (Lipinski definition) is 2. The Balaban J connectivity index is 1.31. The minimum absolute atomic E-state index is 0.230. The molecule has 1 fully saturated rings. The van der Waals surface area contributed by atoms with E-state index >= 15 is 4.39 Å². The minimum Gasteiger partial charge on any atom is -0.335 e. The Morgan fingerprint density at radius 1 is 1.00 bits per heavy atom. The molecule has 6 aromatic rings. The molecule has 184 valence electrons. The number of pyridine rings is 2. The summed E-state index contributed by atoms with van der Waals surface area (Å²) in [4.78, 5) is 19.9. The van der Waals surface area contributed by atoms with E-state index in [1.807, 2.05) is 18.3 Å². The maximum atomic E-state index is 15.2. The Kier molecular flexibility index (Phi) is 5.29. The molecule has 1 aliphatic rings. The van der Waals surface area contributed by atoms with Gasteiger partial charge < -0.3 is 4.98 Å². The van der Waals surface area contributed by atoms with E-state index in [-0.39, 0.29) is 10.6 Å². The van der Waals surface area contributed by atoms with Crippen LogP contribution in [0.2, 0.25) is 0 Å². The average Bonchev–Trinajstić information content (AvgIpc) is 3.70. The number of thiophene rings is 1. The van der Waals surface area contributed by atoms with Crippen LogP contribution >= 0.6 is 11.3 Å². The third-order valence-corrected chi connectivity index (χ3v) is 7.72. The lowest BCUT2D eigenvalue weighted by Gasteiger charge is -2.14. The Morgan fingerprint density at radius 2 is 1.89 bits per heavy atom. The highest BCUT2D eigenvalue weighted by Crippen LogP contribution is 2.35. The Morgan fingerprint density at radius 3 is 2.73 bits per heavy atom. The van der Waals surface area contributed by atoms with E-state index in [4.69, 9.17) is 0 Å². The zero-order valence-corrected chi connectivity index (χ0v) is 20.4. The molecule has 5 aromatic heterocycles. The summed E-state index contributed by atoms with van der Waals surface area (Å²) in [5, 5.41) is 7.50. The second-order valence-corrected chi connectivity index (χ2v) is 10.3. The molecule has 0 aliphatic carbocycles. The molecular weight excluding hydrogens is 492 g/mol. The lowest BCUT2D eigenvalue weighted by atomic mass is 10.0. The van der Waals surface area contributed by atoms with Crippen molar-refractivity contribution in [1.82, 2.24) is 35.0 Å². The zero-order chi connectivity index (χ0) is 24.9. The van der Waals surface area contributed by atoms with Gasteiger partial charge in [-0.3, -0.25) is 15.0 Å². The van der Waals surface area contributed by atoms with Gasteiger partial charge in [0.1, 0.15) is 11.2 Å². The van der Waals surface area contributed by atoms with Gasteiger partial charge in [0.25, 0.3) is 0 Å². The summed E-state index contributed by atoms with van der Waals surface area (Å²) >= 11 is 1.06. The number of aromatic nitrogens is 6. The van der Waals surface area contributed by atoms with Crippen molar-refractivity contribution in [3.63, 3.8) is 0 Å². The van der Waals surface area contributed by atoms with Gasteiger partial charge in [-0.25, -0.2) is 14.4 Å². The van der Waals surface area contributed by atoms with E-state index in [9.17, 15) is 4.39 Å². The van der Waals surface area contributed by atoms with Crippen LogP contribution in [-0.2, 0) is 6.54 Å². The van der Waals surface area contributed by atoms with Crippen molar-refractivity contribution < 1.29 is 8.78 Å². The fourth-order valence-corrected chi connectivity index (χ4v) is 5.81. The Hall–Kier alpha value is -4.02. The molecule has 0 bridgehead atoms. The molecule has 0 atom stereocenters. The van der Waals surface area contributed by atoms with E-state index in [1.165, 1.54) is 25.0 Å². The number of aromatic amines is 2. The van der Waals surface area contributed by atoms with Gasteiger partial charge in [-0.1, -0.05) is 0 Å². The fourth-order valence-electron chi connectivity index (χ4n) is 5.05. The summed E-state index contributed by atoms with van der Waals surface area (Å²) in [5.41, 5.74) is 5.41. The minimum atomic E-state index is -0.427. The van der Waals surface area contributed by atoms with Crippen LogP contribution in [0.4, 0.5) is 8.78 Å². The van der Waals surface area contributed by atoms with E-state index in [1.54, 1.807) is 18.5 Å². The number of H-pyrrole nitrogens is 2. The van der Waals surface area contributed by atoms with Gasteiger partial charge in [0.2, 0.25) is 0 Å². The zero-order valence-electron chi connectivity index (χ0n) is 19.6. The number of halogens is 2. The summed E-state index contributed by atoms with van der Waals surface area (Å²) in [5.74, 6) is 0.0517. The smallest absolute Gasteiger partial charge is 0.178 e. The van der Waals surface area contributed by atoms with Crippen LogP contribution in [0.1, 0.15) is 18.4 Å². The highest BCUT2D eigenvalue weighted by molar-refractivity contribution is 7.14. The average molecular weight is 514 g/mol. The Bertz CT molecular complexity index is 1760. The monoisotopic (exact) mass is 513 g/mol.